The summed E-state index contributed by atoms with van der Waals surface area (Å²) >= 11 is 0. The summed E-state index contributed by atoms with van der Waals surface area (Å²) in [6.45, 7) is 12.6. The van der Waals surface area contributed by atoms with Gasteiger partial charge in [-0.2, -0.15) is 0 Å². The zero-order chi connectivity index (χ0) is 11.0. The molecule has 0 aromatic heterocycles. The minimum absolute atomic E-state index is 0.722. The molecule has 14 heavy (non-hydrogen) atoms. The lowest BCUT2D eigenvalue weighted by Gasteiger charge is -2.26. The van der Waals surface area contributed by atoms with Gasteiger partial charge in [0.1, 0.15) is 0 Å². The lowest BCUT2D eigenvalue weighted by atomic mass is 9.88. The van der Waals surface area contributed by atoms with Crippen LogP contribution >= 0.6 is 0 Å². The quantitative estimate of drug-likeness (QED) is 0.626. The molecule has 0 saturated carbocycles. The van der Waals surface area contributed by atoms with Crippen molar-refractivity contribution >= 4 is 0 Å². The molecule has 86 valence electrons. The highest BCUT2D eigenvalue weighted by Crippen LogP contribution is 2.20. The van der Waals surface area contributed by atoms with Crippen LogP contribution < -0.4 is 5.32 Å². The maximum absolute atomic E-state index is 3.58. The van der Waals surface area contributed by atoms with Crippen LogP contribution in [0.4, 0.5) is 0 Å². The maximum Gasteiger partial charge on any atom is 0.00900 e. The summed E-state index contributed by atoms with van der Waals surface area (Å²) in [5.74, 6) is 1.71. The second kappa shape index (κ2) is 8.28. The van der Waals surface area contributed by atoms with Crippen molar-refractivity contribution in [3.05, 3.63) is 0 Å². The van der Waals surface area contributed by atoms with Crippen molar-refractivity contribution in [1.82, 2.24) is 5.32 Å². The monoisotopic (exact) mass is 199 g/mol. The van der Waals surface area contributed by atoms with Crippen molar-refractivity contribution in [3.63, 3.8) is 0 Å². The van der Waals surface area contributed by atoms with Gasteiger partial charge >= 0.3 is 0 Å². The average molecular weight is 199 g/mol. The van der Waals surface area contributed by atoms with Gasteiger partial charge in [-0.3, -0.25) is 0 Å². The maximum atomic E-state index is 3.58. The van der Waals surface area contributed by atoms with Crippen LogP contribution in [0.5, 0.6) is 0 Å². The normalized spacial score (nSPS) is 17.8. The number of rotatable bonds is 8. The first-order chi connectivity index (χ1) is 6.65. The van der Waals surface area contributed by atoms with Crippen LogP contribution in [0, 0.1) is 11.8 Å². The van der Waals surface area contributed by atoms with E-state index in [0.717, 1.165) is 24.4 Å². The molecule has 0 spiro atoms. The summed E-state index contributed by atoms with van der Waals surface area (Å²) in [5.41, 5.74) is 0. The first-order valence-electron chi connectivity index (χ1n) is 6.38. The average Bonchev–Trinajstić information content (AvgIpc) is 2.14. The van der Waals surface area contributed by atoms with Crippen molar-refractivity contribution < 1.29 is 0 Å². The molecule has 0 aliphatic heterocycles. The van der Waals surface area contributed by atoms with Gasteiger partial charge in [-0.05, 0) is 31.2 Å². The smallest absolute Gasteiger partial charge is 0.00900 e. The van der Waals surface area contributed by atoms with Gasteiger partial charge in [0.05, 0.1) is 0 Å². The molecule has 0 bridgehead atoms. The van der Waals surface area contributed by atoms with Gasteiger partial charge in [-0.15, -0.1) is 0 Å². The summed E-state index contributed by atoms with van der Waals surface area (Å²) in [4.78, 5) is 0. The van der Waals surface area contributed by atoms with Crippen molar-refractivity contribution in [3.8, 4) is 0 Å². The van der Waals surface area contributed by atoms with Crippen LogP contribution in [0.3, 0.4) is 0 Å². The third-order valence-electron chi connectivity index (χ3n) is 3.15. The summed E-state index contributed by atoms with van der Waals surface area (Å²) < 4.78 is 0. The first-order valence-corrected chi connectivity index (χ1v) is 6.38. The Morgan fingerprint density at radius 2 is 1.71 bits per heavy atom. The highest BCUT2D eigenvalue weighted by Gasteiger charge is 2.16. The van der Waals surface area contributed by atoms with Gasteiger partial charge in [0, 0.05) is 6.04 Å². The number of hydrogen-bond acceptors (Lipinski definition) is 1. The Bertz CT molecular complexity index is 122. The van der Waals surface area contributed by atoms with E-state index in [0.29, 0.717) is 0 Å². The third kappa shape index (κ3) is 5.64. The van der Waals surface area contributed by atoms with Crippen LogP contribution in [0.15, 0.2) is 0 Å². The second-order valence-corrected chi connectivity index (χ2v) is 4.68. The molecule has 0 saturated heterocycles. The van der Waals surface area contributed by atoms with E-state index < -0.39 is 0 Å². The Kier molecular flexibility index (Phi) is 8.26. The molecule has 0 heterocycles. The molecule has 1 heteroatoms. The molecule has 1 nitrogen and oxygen atoms in total. The minimum Gasteiger partial charge on any atom is -0.314 e. The summed E-state index contributed by atoms with van der Waals surface area (Å²) in [6.07, 6.45) is 5.34. The predicted octanol–water partition coefficient (Wildman–Crippen LogP) is 3.84. The van der Waals surface area contributed by atoms with Crippen molar-refractivity contribution in [2.45, 2.75) is 66.3 Å². The van der Waals surface area contributed by atoms with Crippen molar-refractivity contribution in [2.75, 3.05) is 6.54 Å². The SMILES string of the molecule is CCC[C@H](C)C[C@H](C)C(CC)NCC. The van der Waals surface area contributed by atoms with Gasteiger partial charge in [0.15, 0.2) is 0 Å². The zero-order valence-corrected chi connectivity index (χ0v) is 10.8. The van der Waals surface area contributed by atoms with E-state index in [-0.39, 0.29) is 0 Å². The Morgan fingerprint density at radius 1 is 1.07 bits per heavy atom. The van der Waals surface area contributed by atoms with Crippen LogP contribution in [0.25, 0.3) is 0 Å². The van der Waals surface area contributed by atoms with E-state index in [1.165, 1.54) is 25.7 Å². The molecule has 0 radical (unpaired) electrons. The second-order valence-electron chi connectivity index (χ2n) is 4.68. The molecular weight excluding hydrogens is 170 g/mol. The fourth-order valence-electron chi connectivity index (χ4n) is 2.42. The lowest BCUT2D eigenvalue weighted by molar-refractivity contribution is 0.302. The van der Waals surface area contributed by atoms with Crippen LogP contribution in [-0.2, 0) is 0 Å². The Hall–Kier alpha value is -0.0400. The van der Waals surface area contributed by atoms with Gasteiger partial charge in [0.25, 0.3) is 0 Å². The van der Waals surface area contributed by atoms with Crippen LogP contribution in [0.1, 0.15) is 60.3 Å². The molecule has 0 aliphatic rings. The Balaban J connectivity index is 3.83. The van der Waals surface area contributed by atoms with Crippen LogP contribution in [0.2, 0.25) is 0 Å². The summed E-state index contributed by atoms with van der Waals surface area (Å²) in [7, 11) is 0. The summed E-state index contributed by atoms with van der Waals surface area (Å²) in [6, 6.07) is 0.722. The van der Waals surface area contributed by atoms with Gasteiger partial charge in [-0.25, -0.2) is 0 Å². The molecule has 0 aromatic rings. The molecule has 1 N–H and O–H groups in total. The topological polar surface area (TPSA) is 12.0 Å². The number of nitrogens with one attached hydrogen (secondary N) is 1. The van der Waals surface area contributed by atoms with E-state index >= 15 is 0 Å². The minimum atomic E-state index is 0.722. The third-order valence-corrected chi connectivity index (χ3v) is 3.15. The first kappa shape index (κ1) is 14.0. The van der Waals surface area contributed by atoms with Gasteiger partial charge in [-0.1, -0.05) is 47.5 Å². The highest BCUT2D eigenvalue weighted by molar-refractivity contribution is 4.73. The van der Waals surface area contributed by atoms with E-state index in [2.05, 4.69) is 39.9 Å². The van der Waals surface area contributed by atoms with E-state index in [4.69, 9.17) is 0 Å². The lowest BCUT2D eigenvalue weighted by Crippen LogP contribution is -2.34. The Labute approximate surface area is 90.7 Å². The van der Waals surface area contributed by atoms with Crippen molar-refractivity contribution in [2.24, 2.45) is 11.8 Å². The van der Waals surface area contributed by atoms with Gasteiger partial charge < -0.3 is 5.32 Å². The van der Waals surface area contributed by atoms with E-state index in [1.807, 2.05) is 0 Å². The van der Waals surface area contributed by atoms with Crippen molar-refractivity contribution in [1.29, 1.82) is 0 Å². The van der Waals surface area contributed by atoms with Gasteiger partial charge in [0.2, 0.25) is 0 Å². The number of hydrogen-bond donors (Lipinski definition) is 1. The molecular formula is C13H29N. The highest BCUT2D eigenvalue weighted by atomic mass is 14.9. The molecule has 0 aromatic carbocycles. The fraction of sp³-hybridized carbons (Fsp3) is 1.00. The molecule has 0 fully saturated rings. The molecule has 0 amide bonds. The van der Waals surface area contributed by atoms with E-state index in [9.17, 15) is 0 Å². The summed E-state index contributed by atoms with van der Waals surface area (Å²) in [5, 5.41) is 3.58. The van der Waals surface area contributed by atoms with Crippen LogP contribution in [-0.4, -0.2) is 12.6 Å². The standard InChI is InChI=1S/C13H29N/c1-6-9-11(4)10-12(5)13(7-2)14-8-3/h11-14H,6-10H2,1-5H3/t11-,12-,13?/m0/s1. The molecule has 0 rings (SSSR count). The molecule has 1 unspecified atom stereocenters. The predicted molar refractivity (Wildman–Crippen MR) is 65.6 cm³/mol. The fourth-order valence-corrected chi connectivity index (χ4v) is 2.42. The molecule has 3 atom stereocenters. The van der Waals surface area contributed by atoms with E-state index in [1.54, 1.807) is 0 Å². The molecule has 0 aliphatic carbocycles. The largest absolute Gasteiger partial charge is 0.314 e. The zero-order valence-electron chi connectivity index (χ0n) is 10.8. The Morgan fingerprint density at radius 3 is 2.14 bits per heavy atom.